The molecule has 2 atom stereocenters. The zero-order valence-electron chi connectivity index (χ0n) is 15.9. The van der Waals surface area contributed by atoms with Gasteiger partial charge in [-0.2, -0.15) is 0 Å². The molecule has 0 aromatic rings. The Morgan fingerprint density at radius 1 is 1.08 bits per heavy atom. The van der Waals surface area contributed by atoms with E-state index < -0.39 is 0 Å². The number of ketones is 1. The fourth-order valence-corrected chi connectivity index (χ4v) is 2.21. The van der Waals surface area contributed by atoms with Crippen molar-refractivity contribution in [3.05, 3.63) is 0 Å². The average Bonchev–Trinajstić information content (AvgIpc) is 3.32. The second-order valence-electron chi connectivity index (χ2n) is 5.50. The molecule has 0 aromatic heterocycles. The molecule has 2 aliphatic rings. The van der Waals surface area contributed by atoms with Crippen LogP contribution in [0.2, 0.25) is 0 Å². The number of aliphatic hydroxyl groups is 1. The Balaban J connectivity index is -0.000000317. The number of hydrazine groups is 1. The lowest BCUT2D eigenvalue weighted by molar-refractivity contribution is -0.141. The van der Waals surface area contributed by atoms with Crippen LogP contribution in [-0.4, -0.2) is 69.0 Å². The van der Waals surface area contributed by atoms with Crippen molar-refractivity contribution in [2.45, 2.75) is 32.6 Å². The minimum absolute atomic E-state index is 0. The minimum Gasteiger partial charge on any atom is -0.469 e. The number of hydrogen-bond donors (Lipinski definition) is 4. The number of rotatable bonds is 5. The molecule has 26 heavy (non-hydrogen) atoms. The van der Waals surface area contributed by atoms with E-state index in [0.717, 1.165) is 39.3 Å². The van der Waals surface area contributed by atoms with Gasteiger partial charge in [-0.05, 0) is 31.6 Å². The van der Waals surface area contributed by atoms with Crippen molar-refractivity contribution >= 4 is 11.8 Å². The predicted molar refractivity (Wildman–Crippen MR) is 97.9 cm³/mol. The summed E-state index contributed by atoms with van der Waals surface area (Å²) in [5, 5.41) is 7.57. The number of Topliss-reactive ketones (excluding diaryl/α,β-unsaturated/α-hetero) is 1. The van der Waals surface area contributed by atoms with E-state index in [1.54, 1.807) is 6.92 Å². The van der Waals surface area contributed by atoms with Crippen molar-refractivity contribution in [3.63, 3.8) is 0 Å². The summed E-state index contributed by atoms with van der Waals surface area (Å²) in [4.78, 5) is 21.5. The smallest absolute Gasteiger partial charge is 0.305 e. The van der Waals surface area contributed by atoms with Crippen molar-refractivity contribution in [2.75, 3.05) is 46.7 Å². The molecule has 158 valence electrons. The minimum atomic E-state index is -0.129. The Morgan fingerprint density at radius 3 is 1.81 bits per heavy atom. The van der Waals surface area contributed by atoms with E-state index in [2.05, 4.69) is 16.4 Å². The normalized spacial score (nSPS) is 20.1. The second-order valence-corrected chi connectivity index (χ2v) is 5.50. The third-order valence-electron chi connectivity index (χ3n) is 3.48. The van der Waals surface area contributed by atoms with Crippen molar-refractivity contribution in [3.8, 4) is 0 Å². The third-order valence-corrected chi connectivity index (χ3v) is 3.48. The van der Waals surface area contributed by atoms with E-state index in [0.29, 0.717) is 24.7 Å². The highest BCUT2D eigenvalue weighted by Crippen LogP contribution is 2.16. The zero-order chi connectivity index (χ0) is 19.5. The van der Waals surface area contributed by atoms with Gasteiger partial charge in [-0.25, -0.2) is 0 Å². The van der Waals surface area contributed by atoms with E-state index in [1.807, 2.05) is 0 Å². The van der Waals surface area contributed by atoms with E-state index >= 15 is 0 Å². The highest BCUT2D eigenvalue weighted by Gasteiger charge is 2.19. The topological polar surface area (TPSA) is 192 Å². The summed E-state index contributed by atoms with van der Waals surface area (Å²) in [5.74, 6) is 8.86. The van der Waals surface area contributed by atoms with Gasteiger partial charge in [0, 0.05) is 32.8 Å². The number of methoxy groups -OCH3 is 1. The van der Waals surface area contributed by atoms with Gasteiger partial charge in [0.05, 0.1) is 26.7 Å². The quantitative estimate of drug-likeness (QED) is 0.249. The Bertz CT molecular complexity index is 291. The molecule has 0 bridgehead atoms. The maximum atomic E-state index is 10.8. The summed E-state index contributed by atoms with van der Waals surface area (Å²) in [5.41, 5.74) is 5.16. The van der Waals surface area contributed by atoms with Crippen LogP contribution in [0.3, 0.4) is 0 Å². The van der Waals surface area contributed by atoms with Crippen molar-refractivity contribution < 1.29 is 34.4 Å². The van der Waals surface area contributed by atoms with Gasteiger partial charge in [0.2, 0.25) is 0 Å². The van der Waals surface area contributed by atoms with Gasteiger partial charge in [0.1, 0.15) is 5.78 Å². The average molecular weight is 383 g/mol. The van der Waals surface area contributed by atoms with Gasteiger partial charge in [0.15, 0.2) is 0 Å². The summed E-state index contributed by atoms with van der Waals surface area (Å²) >= 11 is 0. The van der Waals surface area contributed by atoms with Crippen molar-refractivity contribution in [1.29, 1.82) is 0 Å². The molecule has 10 nitrogen and oxygen atoms in total. The molecule has 0 amide bonds. The molecule has 2 rings (SSSR count). The monoisotopic (exact) mass is 383 g/mol. The van der Waals surface area contributed by atoms with Crippen molar-refractivity contribution in [1.82, 2.24) is 0 Å². The van der Waals surface area contributed by atoms with E-state index in [9.17, 15) is 9.59 Å². The summed E-state index contributed by atoms with van der Waals surface area (Å²) < 4.78 is 14.7. The van der Waals surface area contributed by atoms with Crippen LogP contribution in [0.4, 0.5) is 0 Å². The Labute approximate surface area is 155 Å². The molecule has 0 saturated carbocycles. The summed E-state index contributed by atoms with van der Waals surface area (Å²) in [6.07, 6.45) is 3.13. The maximum absolute atomic E-state index is 10.8. The molecule has 0 radical (unpaired) electrons. The predicted octanol–water partition coefficient (Wildman–Crippen LogP) is -1.48. The van der Waals surface area contributed by atoms with Gasteiger partial charge < -0.3 is 30.5 Å². The van der Waals surface area contributed by atoms with Crippen molar-refractivity contribution in [2.24, 2.45) is 29.3 Å². The Hall–Kier alpha value is -1.14. The molecule has 2 saturated heterocycles. The zero-order valence-corrected chi connectivity index (χ0v) is 15.9. The summed E-state index contributed by atoms with van der Waals surface area (Å²) in [6, 6.07) is 0. The van der Waals surface area contributed by atoms with Gasteiger partial charge in [-0.3, -0.25) is 21.3 Å². The molecule has 10 heteroatoms. The van der Waals surface area contributed by atoms with Crippen LogP contribution >= 0.6 is 0 Å². The molecule has 0 spiro atoms. The fraction of sp³-hybridized carbons (Fsp3) is 0.875. The lowest BCUT2D eigenvalue weighted by atomic mass is 10.0. The van der Waals surface area contributed by atoms with Gasteiger partial charge >= 0.3 is 5.97 Å². The van der Waals surface area contributed by atoms with Crippen LogP contribution in [0.15, 0.2) is 0 Å². The number of nitrogens with two attached hydrogens (primary N) is 3. The molecule has 2 heterocycles. The van der Waals surface area contributed by atoms with Gasteiger partial charge in [0.25, 0.3) is 0 Å². The van der Waals surface area contributed by atoms with Crippen LogP contribution in [0, 0.1) is 11.8 Å². The van der Waals surface area contributed by atoms with E-state index in [1.165, 1.54) is 7.11 Å². The maximum Gasteiger partial charge on any atom is 0.305 e. The number of carbonyl (C=O) groups is 2. The van der Waals surface area contributed by atoms with E-state index in [4.69, 9.17) is 20.3 Å². The lowest BCUT2D eigenvalue weighted by Gasteiger charge is -2.03. The number of hydrogen-bond acceptors (Lipinski definition) is 9. The van der Waals surface area contributed by atoms with Crippen LogP contribution in [0.5, 0.6) is 0 Å². The van der Waals surface area contributed by atoms with Crippen LogP contribution in [-0.2, 0) is 23.8 Å². The molecular formula is C16H37N3O7. The first kappa shape index (κ1) is 29.6. The standard InChI is InChI=1S/C7H13NO2.C7H12O3.C2H6O.H4N2.H2O/c8-4-7(9)3-6-1-2-10-5-6;1-9-7(8)4-6-2-3-10-5-6;1-2-3;1-2;/h6H,1-5,8H2;6H,2-5H2,1H3;3H,2H2,1H3;1-2H2;1H2. The van der Waals surface area contributed by atoms with E-state index in [-0.39, 0.29) is 30.4 Å². The van der Waals surface area contributed by atoms with Gasteiger partial charge in [-0.1, -0.05) is 0 Å². The summed E-state index contributed by atoms with van der Waals surface area (Å²) in [6.45, 7) is 5.17. The number of ether oxygens (including phenoxy) is 3. The first-order chi connectivity index (χ1) is 12.1. The molecule has 2 aliphatic heterocycles. The number of aliphatic hydroxyl groups excluding tert-OH is 1. The Kier molecular flexibility index (Phi) is 24.9. The third kappa shape index (κ3) is 17.7. The Morgan fingerprint density at radius 2 is 1.50 bits per heavy atom. The molecule has 2 unspecified atom stereocenters. The SMILES string of the molecule is CCO.COC(=O)CC1CCOC1.NCC(=O)CC1CCOC1.NN.O. The fourth-order valence-electron chi connectivity index (χ4n) is 2.21. The second kappa shape index (κ2) is 21.9. The lowest BCUT2D eigenvalue weighted by Crippen LogP contribution is -2.17. The molecule has 2 fully saturated rings. The van der Waals surface area contributed by atoms with Crippen LogP contribution < -0.4 is 17.4 Å². The number of esters is 1. The largest absolute Gasteiger partial charge is 0.469 e. The van der Waals surface area contributed by atoms with Gasteiger partial charge in [-0.15, -0.1) is 0 Å². The van der Waals surface area contributed by atoms with Crippen LogP contribution in [0.25, 0.3) is 0 Å². The first-order valence-electron chi connectivity index (χ1n) is 8.45. The molecule has 0 aromatic carbocycles. The first-order valence-corrected chi connectivity index (χ1v) is 8.45. The summed E-state index contributed by atoms with van der Waals surface area (Å²) in [7, 11) is 1.41. The highest BCUT2D eigenvalue weighted by atomic mass is 16.5. The molecular weight excluding hydrogens is 346 g/mol. The number of carbonyl (C=O) groups excluding carboxylic acids is 2. The highest BCUT2D eigenvalue weighted by molar-refractivity contribution is 5.80. The molecule has 0 aliphatic carbocycles. The van der Waals surface area contributed by atoms with Crippen LogP contribution in [0.1, 0.15) is 32.6 Å². The molecule has 9 N–H and O–H groups in total.